The molecule has 0 radical (unpaired) electrons. The Morgan fingerprint density at radius 3 is 2.56 bits per heavy atom. The molecule has 9 heavy (non-hydrogen) atoms. The molecule has 0 amide bonds. The highest BCUT2D eigenvalue weighted by Crippen LogP contribution is 1.97. The topological polar surface area (TPSA) is 59.1 Å². The maximum atomic E-state index is 11.2. The minimum Gasteiger partial charge on any atom is -0.420 e. The number of halogens is 2. The van der Waals surface area contributed by atoms with Crippen LogP contribution in [-0.2, 0) is 4.74 Å². The lowest BCUT2D eigenvalue weighted by atomic mass is 10.6. The van der Waals surface area contributed by atoms with Crippen molar-refractivity contribution in [3.63, 3.8) is 0 Å². The van der Waals surface area contributed by atoms with Gasteiger partial charge in [0.05, 0.1) is 0 Å². The van der Waals surface area contributed by atoms with Gasteiger partial charge in [-0.05, 0) is 0 Å². The van der Waals surface area contributed by atoms with Gasteiger partial charge in [0.15, 0.2) is 5.88 Å². The molecule has 0 bridgehead atoms. The highest BCUT2D eigenvalue weighted by Gasteiger charge is 2.00. The molecular weight excluding hydrogens is 130 g/mol. The second-order valence-corrected chi connectivity index (χ2v) is 1.11. The van der Waals surface area contributed by atoms with Crippen LogP contribution < -0.4 is 5.73 Å². The Hall–Kier alpha value is -1.13. The van der Waals surface area contributed by atoms with Gasteiger partial charge in [0.25, 0.3) is 0 Å². The fourth-order valence-electron chi connectivity index (χ4n) is 0.224. The number of hydrogen-bond acceptors (Lipinski definition) is 3. The summed E-state index contributed by atoms with van der Waals surface area (Å²) in [5, 5.41) is 6.37. The molecule has 0 saturated heterocycles. The molecule has 0 fully saturated rings. The van der Waals surface area contributed by atoms with Crippen molar-refractivity contribution in [3.05, 3.63) is 12.0 Å². The molecule has 3 N–H and O–H groups in total. The third-order valence-electron chi connectivity index (χ3n) is 0.473. The average Bonchev–Trinajstić information content (AvgIpc) is 1.63. The highest BCUT2D eigenvalue weighted by atomic mass is 19.3. The van der Waals surface area contributed by atoms with Crippen molar-refractivity contribution in [2.75, 3.05) is 0 Å². The number of hydrogen-bond donors (Lipinski definition) is 2. The van der Waals surface area contributed by atoms with Crippen molar-refractivity contribution in [3.8, 4) is 0 Å². The van der Waals surface area contributed by atoms with Gasteiger partial charge in [0.1, 0.15) is 0 Å². The molecule has 0 rings (SSSR count). The first-order valence-corrected chi connectivity index (χ1v) is 2.08. The summed E-state index contributed by atoms with van der Waals surface area (Å²) in [7, 11) is 0. The molecule has 0 atom stereocenters. The Morgan fingerprint density at radius 1 is 1.67 bits per heavy atom. The van der Waals surface area contributed by atoms with Crippen molar-refractivity contribution < 1.29 is 13.5 Å². The second-order valence-electron chi connectivity index (χ2n) is 1.11. The number of nitrogens with one attached hydrogen (secondary N) is 1. The number of nitrogens with two attached hydrogens (primary N) is 1. The van der Waals surface area contributed by atoms with Crippen molar-refractivity contribution in [1.29, 1.82) is 5.41 Å². The van der Waals surface area contributed by atoms with Crippen LogP contribution in [0, 0.1) is 5.41 Å². The van der Waals surface area contributed by atoms with Gasteiger partial charge in [0, 0.05) is 12.3 Å². The third kappa shape index (κ3) is 4.73. The van der Waals surface area contributed by atoms with E-state index in [0.29, 0.717) is 0 Å². The summed E-state index contributed by atoms with van der Waals surface area (Å²) < 4.78 is 26.0. The van der Waals surface area contributed by atoms with Crippen LogP contribution >= 0.6 is 0 Å². The van der Waals surface area contributed by atoms with E-state index in [0.717, 1.165) is 12.3 Å². The van der Waals surface area contributed by atoms with Crippen LogP contribution in [0.4, 0.5) is 8.78 Å². The Labute approximate surface area is 50.6 Å². The predicted molar refractivity (Wildman–Crippen MR) is 28.1 cm³/mol. The van der Waals surface area contributed by atoms with Gasteiger partial charge in [0.2, 0.25) is 0 Å². The van der Waals surface area contributed by atoms with Gasteiger partial charge < -0.3 is 15.9 Å². The summed E-state index contributed by atoms with van der Waals surface area (Å²) >= 11 is 0. The Kier molecular flexibility index (Phi) is 3.34. The SMILES string of the molecule is N=CC=C(N)OC(F)F. The zero-order valence-electron chi connectivity index (χ0n) is 4.47. The van der Waals surface area contributed by atoms with Gasteiger partial charge in [-0.1, -0.05) is 0 Å². The summed E-state index contributed by atoms with van der Waals surface area (Å²) in [5.74, 6) is -0.458. The molecule has 5 heteroatoms. The van der Waals surface area contributed by atoms with Gasteiger partial charge in [-0.15, -0.1) is 0 Å². The first-order valence-electron chi connectivity index (χ1n) is 2.08. The maximum absolute atomic E-state index is 11.2. The third-order valence-corrected chi connectivity index (χ3v) is 0.473. The molecule has 0 aliphatic heterocycles. The fourth-order valence-corrected chi connectivity index (χ4v) is 0.224. The lowest BCUT2D eigenvalue weighted by Gasteiger charge is -2.00. The van der Waals surface area contributed by atoms with Crippen LogP contribution in [-0.4, -0.2) is 12.8 Å². The summed E-state index contributed by atoms with van der Waals surface area (Å²) in [6, 6.07) is 0. The highest BCUT2D eigenvalue weighted by molar-refractivity contribution is 5.67. The standard InChI is InChI=1S/C4H6F2N2O/c5-4(6)9-3(8)1-2-7/h1-2,4,7H,8H2. The van der Waals surface area contributed by atoms with Gasteiger partial charge in [-0.25, -0.2) is 0 Å². The summed E-state index contributed by atoms with van der Waals surface area (Å²) in [6.07, 6.45) is 1.68. The van der Waals surface area contributed by atoms with E-state index in [9.17, 15) is 8.78 Å². The fraction of sp³-hybridized carbons (Fsp3) is 0.250. The van der Waals surface area contributed by atoms with Crippen molar-refractivity contribution in [1.82, 2.24) is 0 Å². The molecule has 0 unspecified atom stereocenters. The molecule has 0 aromatic heterocycles. The molecule has 0 aliphatic rings. The summed E-state index contributed by atoms with van der Waals surface area (Å²) in [4.78, 5) is 0. The second kappa shape index (κ2) is 3.82. The Morgan fingerprint density at radius 2 is 2.22 bits per heavy atom. The van der Waals surface area contributed by atoms with Crippen LogP contribution in [0.2, 0.25) is 0 Å². The summed E-state index contributed by atoms with van der Waals surface area (Å²) in [5.41, 5.74) is 4.79. The molecule has 0 saturated carbocycles. The number of ether oxygens (including phenoxy) is 1. The van der Waals surface area contributed by atoms with E-state index >= 15 is 0 Å². The molecule has 0 aromatic carbocycles. The maximum Gasteiger partial charge on any atom is 0.388 e. The van der Waals surface area contributed by atoms with E-state index in [4.69, 9.17) is 11.1 Å². The Balaban J connectivity index is 3.61. The van der Waals surface area contributed by atoms with E-state index < -0.39 is 12.5 Å². The monoisotopic (exact) mass is 136 g/mol. The number of rotatable bonds is 3. The van der Waals surface area contributed by atoms with E-state index in [1.807, 2.05) is 0 Å². The first-order chi connectivity index (χ1) is 4.16. The van der Waals surface area contributed by atoms with E-state index in [1.54, 1.807) is 0 Å². The van der Waals surface area contributed by atoms with Crippen LogP contribution in [0.5, 0.6) is 0 Å². The molecule has 0 aromatic rings. The average molecular weight is 136 g/mol. The van der Waals surface area contributed by atoms with Crippen LogP contribution in [0.25, 0.3) is 0 Å². The molecule has 52 valence electrons. The smallest absolute Gasteiger partial charge is 0.388 e. The van der Waals surface area contributed by atoms with Gasteiger partial charge >= 0.3 is 6.61 Å². The molecule has 0 spiro atoms. The van der Waals surface area contributed by atoms with Crippen molar-refractivity contribution in [2.24, 2.45) is 5.73 Å². The lowest BCUT2D eigenvalue weighted by Crippen LogP contribution is -2.07. The predicted octanol–water partition coefficient (Wildman–Crippen LogP) is 0.675. The van der Waals surface area contributed by atoms with Gasteiger partial charge in [-0.3, -0.25) is 0 Å². The van der Waals surface area contributed by atoms with E-state index in [2.05, 4.69) is 4.74 Å². The normalized spacial score (nSPS) is 11.7. The zero-order chi connectivity index (χ0) is 7.28. The summed E-state index contributed by atoms with van der Waals surface area (Å²) in [6.45, 7) is -2.92. The van der Waals surface area contributed by atoms with Crippen molar-refractivity contribution in [2.45, 2.75) is 6.61 Å². The van der Waals surface area contributed by atoms with E-state index in [1.165, 1.54) is 0 Å². The van der Waals surface area contributed by atoms with Crippen LogP contribution in [0.3, 0.4) is 0 Å². The van der Waals surface area contributed by atoms with Crippen LogP contribution in [0.15, 0.2) is 12.0 Å². The van der Waals surface area contributed by atoms with Gasteiger partial charge in [-0.2, -0.15) is 8.78 Å². The minimum absolute atomic E-state index is 0.458. The lowest BCUT2D eigenvalue weighted by molar-refractivity contribution is -0.0966. The molecule has 0 aliphatic carbocycles. The number of alkyl halides is 2. The Bertz CT molecular complexity index is 124. The van der Waals surface area contributed by atoms with Crippen molar-refractivity contribution >= 4 is 6.21 Å². The largest absolute Gasteiger partial charge is 0.420 e. The molecular formula is C4H6F2N2O. The first kappa shape index (κ1) is 7.87. The van der Waals surface area contributed by atoms with Crippen LogP contribution in [0.1, 0.15) is 0 Å². The molecule has 0 heterocycles. The quantitative estimate of drug-likeness (QED) is 0.442. The number of allylic oxidation sites excluding steroid dienone is 1. The minimum atomic E-state index is -2.92. The van der Waals surface area contributed by atoms with E-state index in [-0.39, 0.29) is 0 Å². The molecule has 3 nitrogen and oxygen atoms in total. The zero-order valence-corrected chi connectivity index (χ0v) is 4.47.